The van der Waals surface area contributed by atoms with E-state index in [4.69, 9.17) is 10.5 Å². The molecule has 0 saturated carbocycles. The number of piperidine rings is 1. The molecule has 1 aromatic rings. The molecule has 2 amide bonds. The van der Waals surface area contributed by atoms with Gasteiger partial charge in [-0.2, -0.15) is 0 Å². The van der Waals surface area contributed by atoms with Gasteiger partial charge in [-0.15, -0.1) is 12.4 Å². The van der Waals surface area contributed by atoms with Gasteiger partial charge in [-0.1, -0.05) is 15.9 Å². The van der Waals surface area contributed by atoms with E-state index in [-0.39, 0.29) is 30.1 Å². The van der Waals surface area contributed by atoms with E-state index in [9.17, 15) is 9.59 Å². The Balaban J connectivity index is 0.00000288. The van der Waals surface area contributed by atoms with Gasteiger partial charge in [0.2, 0.25) is 5.91 Å². The largest absolute Gasteiger partial charge is 0.496 e. The first kappa shape index (κ1) is 20.7. The number of amides is 2. The standard InChI is InChI=1S/C16H22BrN3O3.ClH/c1-23-14-9-12(17)4-5-13(14)16(22)20-8-2-3-11(10-20)15(21)19-7-6-18;/h4-5,9,11H,2-3,6-8,10,18H2,1H3,(H,19,21);1H. The van der Waals surface area contributed by atoms with Crippen molar-refractivity contribution >= 4 is 40.2 Å². The highest BCUT2D eigenvalue weighted by Gasteiger charge is 2.29. The van der Waals surface area contributed by atoms with Crippen molar-refractivity contribution < 1.29 is 14.3 Å². The maximum atomic E-state index is 12.8. The Labute approximate surface area is 156 Å². The van der Waals surface area contributed by atoms with Crippen LogP contribution in [0.25, 0.3) is 0 Å². The lowest BCUT2D eigenvalue weighted by atomic mass is 9.96. The first-order valence-corrected chi connectivity index (χ1v) is 8.46. The zero-order valence-corrected chi connectivity index (χ0v) is 16.0. The molecule has 1 fully saturated rings. The van der Waals surface area contributed by atoms with Crippen LogP contribution in [0.5, 0.6) is 5.75 Å². The molecule has 2 rings (SSSR count). The number of methoxy groups -OCH3 is 1. The summed E-state index contributed by atoms with van der Waals surface area (Å²) in [7, 11) is 1.54. The van der Waals surface area contributed by atoms with Crippen molar-refractivity contribution in [2.45, 2.75) is 12.8 Å². The summed E-state index contributed by atoms with van der Waals surface area (Å²) in [5.74, 6) is 0.209. The first-order valence-electron chi connectivity index (χ1n) is 7.67. The highest BCUT2D eigenvalue weighted by Crippen LogP contribution is 2.26. The highest BCUT2D eigenvalue weighted by molar-refractivity contribution is 9.10. The fourth-order valence-corrected chi connectivity index (χ4v) is 3.07. The summed E-state index contributed by atoms with van der Waals surface area (Å²) in [5.41, 5.74) is 5.92. The normalized spacial score (nSPS) is 17.0. The lowest BCUT2D eigenvalue weighted by Gasteiger charge is -2.32. The fourth-order valence-electron chi connectivity index (χ4n) is 2.73. The molecule has 1 unspecified atom stereocenters. The summed E-state index contributed by atoms with van der Waals surface area (Å²) in [6.45, 7) is 1.95. The Kier molecular flexibility index (Phi) is 8.52. The van der Waals surface area contributed by atoms with Crippen molar-refractivity contribution in [2.75, 3.05) is 33.3 Å². The molecular weight excluding hydrogens is 398 g/mol. The van der Waals surface area contributed by atoms with Crippen LogP contribution in [0.3, 0.4) is 0 Å². The van der Waals surface area contributed by atoms with Crippen LogP contribution in [-0.2, 0) is 4.79 Å². The number of nitrogens with one attached hydrogen (secondary N) is 1. The summed E-state index contributed by atoms with van der Waals surface area (Å²) in [6, 6.07) is 5.32. The summed E-state index contributed by atoms with van der Waals surface area (Å²) in [5, 5.41) is 2.80. The van der Waals surface area contributed by atoms with E-state index in [0.717, 1.165) is 17.3 Å². The SMILES string of the molecule is COc1cc(Br)ccc1C(=O)N1CCCC(C(=O)NCCN)C1.Cl. The molecule has 1 aliphatic heterocycles. The topological polar surface area (TPSA) is 84.7 Å². The van der Waals surface area contributed by atoms with E-state index in [2.05, 4.69) is 21.2 Å². The number of likely N-dealkylation sites (tertiary alicyclic amines) is 1. The molecular formula is C16H23BrClN3O3. The van der Waals surface area contributed by atoms with Gasteiger partial charge in [0.25, 0.3) is 5.91 Å². The Morgan fingerprint density at radius 2 is 2.21 bits per heavy atom. The van der Waals surface area contributed by atoms with E-state index < -0.39 is 0 Å². The Morgan fingerprint density at radius 3 is 2.88 bits per heavy atom. The first-order chi connectivity index (χ1) is 11.1. The highest BCUT2D eigenvalue weighted by atomic mass is 79.9. The molecule has 3 N–H and O–H groups in total. The van der Waals surface area contributed by atoms with Crippen LogP contribution in [0.4, 0.5) is 0 Å². The monoisotopic (exact) mass is 419 g/mol. The second-order valence-corrected chi connectivity index (χ2v) is 6.43. The predicted octanol–water partition coefficient (Wildman–Crippen LogP) is 1.81. The number of halogens is 2. The third-order valence-corrected chi connectivity index (χ3v) is 4.41. The number of nitrogens with zero attached hydrogens (tertiary/aromatic N) is 1. The molecule has 1 aromatic carbocycles. The van der Waals surface area contributed by atoms with Crippen LogP contribution in [0.1, 0.15) is 23.2 Å². The van der Waals surface area contributed by atoms with Crippen molar-refractivity contribution in [3.05, 3.63) is 28.2 Å². The fraction of sp³-hybridized carbons (Fsp3) is 0.500. The maximum absolute atomic E-state index is 12.8. The van der Waals surface area contributed by atoms with E-state index >= 15 is 0 Å². The van der Waals surface area contributed by atoms with Crippen LogP contribution >= 0.6 is 28.3 Å². The summed E-state index contributed by atoms with van der Waals surface area (Å²) >= 11 is 3.37. The minimum atomic E-state index is -0.180. The van der Waals surface area contributed by atoms with Crippen molar-refractivity contribution in [3.63, 3.8) is 0 Å². The van der Waals surface area contributed by atoms with Crippen LogP contribution in [-0.4, -0.2) is 50.0 Å². The third-order valence-electron chi connectivity index (χ3n) is 3.92. The van der Waals surface area contributed by atoms with Crippen molar-refractivity contribution in [1.29, 1.82) is 0 Å². The Morgan fingerprint density at radius 1 is 1.46 bits per heavy atom. The molecule has 0 aliphatic carbocycles. The van der Waals surface area contributed by atoms with Crippen LogP contribution < -0.4 is 15.8 Å². The molecule has 1 saturated heterocycles. The number of carbonyl (C=O) groups is 2. The van der Waals surface area contributed by atoms with Gasteiger partial charge in [-0.05, 0) is 31.0 Å². The molecule has 6 nitrogen and oxygen atoms in total. The van der Waals surface area contributed by atoms with Gasteiger partial charge in [0, 0.05) is 30.7 Å². The average Bonchev–Trinajstić information content (AvgIpc) is 2.59. The maximum Gasteiger partial charge on any atom is 0.257 e. The predicted molar refractivity (Wildman–Crippen MR) is 98.6 cm³/mol. The molecule has 0 bridgehead atoms. The number of nitrogens with two attached hydrogens (primary N) is 1. The second-order valence-electron chi connectivity index (χ2n) is 5.51. The van der Waals surface area contributed by atoms with Gasteiger partial charge < -0.3 is 20.7 Å². The van der Waals surface area contributed by atoms with E-state index in [1.807, 2.05) is 6.07 Å². The molecule has 0 radical (unpaired) electrons. The summed E-state index contributed by atoms with van der Waals surface area (Å²) in [4.78, 5) is 26.6. The van der Waals surface area contributed by atoms with Gasteiger partial charge in [0.15, 0.2) is 0 Å². The number of hydrogen-bond donors (Lipinski definition) is 2. The quantitative estimate of drug-likeness (QED) is 0.761. The second kappa shape index (κ2) is 9.86. The van der Waals surface area contributed by atoms with Gasteiger partial charge in [0.1, 0.15) is 5.75 Å². The number of carbonyl (C=O) groups excluding carboxylic acids is 2. The van der Waals surface area contributed by atoms with Crippen LogP contribution in [0.2, 0.25) is 0 Å². The lowest BCUT2D eigenvalue weighted by Crippen LogP contribution is -2.46. The molecule has 1 heterocycles. The van der Waals surface area contributed by atoms with Gasteiger partial charge in [-0.3, -0.25) is 9.59 Å². The molecule has 0 spiro atoms. The smallest absolute Gasteiger partial charge is 0.257 e. The molecule has 24 heavy (non-hydrogen) atoms. The van der Waals surface area contributed by atoms with Gasteiger partial charge >= 0.3 is 0 Å². The van der Waals surface area contributed by atoms with Gasteiger partial charge in [0.05, 0.1) is 18.6 Å². The van der Waals surface area contributed by atoms with E-state index in [1.54, 1.807) is 17.0 Å². The molecule has 1 aliphatic rings. The molecule has 1 atom stereocenters. The zero-order chi connectivity index (χ0) is 16.8. The number of benzene rings is 1. The van der Waals surface area contributed by atoms with Crippen LogP contribution in [0, 0.1) is 5.92 Å². The van der Waals surface area contributed by atoms with Crippen molar-refractivity contribution in [2.24, 2.45) is 11.7 Å². The number of rotatable bonds is 5. The van der Waals surface area contributed by atoms with Crippen molar-refractivity contribution in [1.82, 2.24) is 10.2 Å². The van der Waals surface area contributed by atoms with E-state index in [1.165, 1.54) is 7.11 Å². The Bertz CT molecular complexity index is 586. The zero-order valence-electron chi connectivity index (χ0n) is 13.6. The minimum absolute atomic E-state index is 0. The third kappa shape index (κ3) is 5.09. The summed E-state index contributed by atoms with van der Waals surface area (Å²) < 4.78 is 6.15. The number of hydrogen-bond acceptors (Lipinski definition) is 4. The lowest BCUT2D eigenvalue weighted by molar-refractivity contribution is -0.126. The molecule has 0 aromatic heterocycles. The Hall–Kier alpha value is -1.31. The summed E-state index contributed by atoms with van der Waals surface area (Å²) in [6.07, 6.45) is 1.60. The van der Waals surface area contributed by atoms with E-state index in [0.29, 0.717) is 37.5 Å². The minimum Gasteiger partial charge on any atom is -0.496 e. The molecule has 8 heteroatoms. The van der Waals surface area contributed by atoms with Crippen LogP contribution in [0.15, 0.2) is 22.7 Å². The number of ether oxygens (including phenoxy) is 1. The van der Waals surface area contributed by atoms with Gasteiger partial charge in [-0.25, -0.2) is 0 Å². The molecule has 134 valence electrons. The average molecular weight is 421 g/mol. The van der Waals surface area contributed by atoms with Crippen molar-refractivity contribution in [3.8, 4) is 5.75 Å².